The Kier molecular flexibility index (Phi) is 3.66. The molecule has 86 valence electrons. The first-order chi connectivity index (χ1) is 7.77. The second-order valence-electron chi connectivity index (χ2n) is 4.74. The van der Waals surface area contributed by atoms with Gasteiger partial charge < -0.3 is 5.32 Å². The van der Waals surface area contributed by atoms with Crippen molar-refractivity contribution in [2.45, 2.75) is 45.6 Å². The maximum Gasteiger partial charge on any atom is 0.0482 e. The highest BCUT2D eigenvalue weighted by Gasteiger charge is 2.12. The van der Waals surface area contributed by atoms with Crippen molar-refractivity contribution < 1.29 is 0 Å². The Morgan fingerprint density at radius 2 is 1.75 bits per heavy atom. The van der Waals surface area contributed by atoms with E-state index in [2.05, 4.69) is 49.5 Å². The summed E-state index contributed by atoms with van der Waals surface area (Å²) >= 11 is 0. The maximum atomic E-state index is 3.66. The molecule has 1 atom stereocenters. The number of allylic oxidation sites excluding steroid dienone is 2. The number of hydrogen-bond acceptors (Lipinski definition) is 1. The highest BCUT2D eigenvalue weighted by Crippen LogP contribution is 2.24. The average Bonchev–Trinajstić information content (AvgIpc) is 2.33. The molecule has 0 aromatic heterocycles. The predicted molar refractivity (Wildman–Crippen MR) is 69.2 cm³/mol. The molecule has 1 unspecified atom stereocenters. The smallest absolute Gasteiger partial charge is 0.0482 e. The predicted octanol–water partition coefficient (Wildman–Crippen LogP) is 4.19. The Labute approximate surface area is 98.6 Å². The molecule has 2 rings (SSSR count). The van der Waals surface area contributed by atoms with Crippen LogP contribution in [0, 0.1) is 0 Å². The molecule has 1 heteroatoms. The second kappa shape index (κ2) is 5.20. The molecule has 0 radical (unpaired) electrons. The standard InChI is InChI=1S/C15H21N/c1-12-8-6-7-11-15(12)16-13(2)14-9-4-3-5-10-14/h3-5,9-10,13,16H,6-8,11H2,1-2H3. The first-order valence-electron chi connectivity index (χ1n) is 6.27. The number of hydrogen-bond donors (Lipinski definition) is 1. The molecule has 0 heterocycles. The van der Waals surface area contributed by atoms with Crippen LogP contribution in [-0.2, 0) is 0 Å². The van der Waals surface area contributed by atoms with Crippen LogP contribution in [0.15, 0.2) is 41.6 Å². The van der Waals surface area contributed by atoms with Crippen molar-refractivity contribution in [1.82, 2.24) is 5.32 Å². The first kappa shape index (κ1) is 11.3. The van der Waals surface area contributed by atoms with E-state index in [9.17, 15) is 0 Å². The van der Waals surface area contributed by atoms with Crippen molar-refractivity contribution in [2.24, 2.45) is 0 Å². The summed E-state index contributed by atoms with van der Waals surface area (Å²) in [4.78, 5) is 0. The fourth-order valence-electron chi connectivity index (χ4n) is 2.34. The van der Waals surface area contributed by atoms with E-state index in [0.717, 1.165) is 0 Å². The van der Waals surface area contributed by atoms with Crippen molar-refractivity contribution in [2.75, 3.05) is 0 Å². The van der Waals surface area contributed by atoms with Crippen LogP contribution < -0.4 is 5.32 Å². The van der Waals surface area contributed by atoms with E-state index in [-0.39, 0.29) is 0 Å². The van der Waals surface area contributed by atoms with Crippen LogP contribution >= 0.6 is 0 Å². The normalized spacial score (nSPS) is 18.4. The molecule has 16 heavy (non-hydrogen) atoms. The molecule has 1 N–H and O–H groups in total. The Morgan fingerprint density at radius 1 is 1.06 bits per heavy atom. The van der Waals surface area contributed by atoms with Crippen LogP contribution in [0.5, 0.6) is 0 Å². The Morgan fingerprint density at radius 3 is 2.44 bits per heavy atom. The molecule has 0 amide bonds. The second-order valence-corrected chi connectivity index (χ2v) is 4.74. The molecule has 0 bridgehead atoms. The zero-order chi connectivity index (χ0) is 11.4. The van der Waals surface area contributed by atoms with Crippen LogP contribution in [0.2, 0.25) is 0 Å². The van der Waals surface area contributed by atoms with Gasteiger partial charge in [-0.25, -0.2) is 0 Å². The van der Waals surface area contributed by atoms with E-state index < -0.39 is 0 Å². The van der Waals surface area contributed by atoms with E-state index in [1.807, 2.05) is 0 Å². The van der Waals surface area contributed by atoms with Gasteiger partial charge in [-0.2, -0.15) is 0 Å². The molecule has 0 saturated heterocycles. The largest absolute Gasteiger partial charge is 0.382 e. The highest BCUT2D eigenvalue weighted by molar-refractivity contribution is 5.21. The lowest BCUT2D eigenvalue weighted by atomic mass is 9.96. The SMILES string of the molecule is CC1=C(NC(C)c2ccccc2)CCCC1. The summed E-state index contributed by atoms with van der Waals surface area (Å²) in [7, 11) is 0. The summed E-state index contributed by atoms with van der Waals surface area (Å²) in [6.45, 7) is 4.50. The first-order valence-corrected chi connectivity index (χ1v) is 6.27. The van der Waals surface area contributed by atoms with Crippen LogP contribution in [0.25, 0.3) is 0 Å². The van der Waals surface area contributed by atoms with Crippen LogP contribution in [0.1, 0.15) is 51.1 Å². The maximum absolute atomic E-state index is 3.66. The third-order valence-electron chi connectivity index (χ3n) is 3.43. The summed E-state index contributed by atoms with van der Waals surface area (Å²) in [6, 6.07) is 11.1. The minimum Gasteiger partial charge on any atom is -0.382 e. The molecule has 1 nitrogen and oxygen atoms in total. The van der Waals surface area contributed by atoms with Gasteiger partial charge in [-0.1, -0.05) is 35.9 Å². The van der Waals surface area contributed by atoms with E-state index in [1.54, 1.807) is 5.57 Å². The lowest BCUT2D eigenvalue weighted by molar-refractivity contribution is 0.566. The quantitative estimate of drug-likeness (QED) is 0.797. The zero-order valence-corrected chi connectivity index (χ0v) is 10.3. The summed E-state index contributed by atoms with van der Waals surface area (Å²) in [5.41, 5.74) is 4.39. The van der Waals surface area contributed by atoms with E-state index in [4.69, 9.17) is 0 Å². The van der Waals surface area contributed by atoms with Gasteiger partial charge in [-0.3, -0.25) is 0 Å². The Bertz CT molecular complexity index is 364. The minimum atomic E-state index is 0.421. The molecule has 0 fully saturated rings. The third kappa shape index (κ3) is 2.66. The van der Waals surface area contributed by atoms with Crippen LogP contribution in [-0.4, -0.2) is 0 Å². The number of rotatable bonds is 3. The van der Waals surface area contributed by atoms with Crippen molar-refractivity contribution in [3.05, 3.63) is 47.2 Å². The van der Waals surface area contributed by atoms with Gasteiger partial charge in [0.25, 0.3) is 0 Å². The Hall–Kier alpha value is -1.24. The molecule has 0 aliphatic heterocycles. The van der Waals surface area contributed by atoms with Crippen LogP contribution in [0.4, 0.5) is 0 Å². The summed E-state index contributed by atoms with van der Waals surface area (Å²) < 4.78 is 0. The van der Waals surface area contributed by atoms with E-state index >= 15 is 0 Å². The Balaban J connectivity index is 2.05. The van der Waals surface area contributed by atoms with Crippen molar-refractivity contribution in [1.29, 1.82) is 0 Å². The molecule has 0 saturated carbocycles. The van der Waals surface area contributed by atoms with Crippen LogP contribution in [0.3, 0.4) is 0 Å². The summed E-state index contributed by atoms with van der Waals surface area (Å²) in [5, 5.41) is 3.66. The zero-order valence-electron chi connectivity index (χ0n) is 10.3. The van der Waals surface area contributed by atoms with Gasteiger partial charge in [-0.05, 0) is 45.1 Å². The fourth-order valence-corrected chi connectivity index (χ4v) is 2.34. The lowest BCUT2D eigenvalue weighted by Gasteiger charge is -2.23. The molecule has 0 spiro atoms. The molecule has 1 aromatic rings. The van der Waals surface area contributed by atoms with Crippen molar-refractivity contribution >= 4 is 0 Å². The van der Waals surface area contributed by atoms with Crippen molar-refractivity contribution in [3.63, 3.8) is 0 Å². The molecular weight excluding hydrogens is 194 g/mol. The van der Waals surface area contributed by atoms with Gasteiger partial charge in [0.05, 0.1) is 0 Å². The highest BCUT2D eigenvalue weighted by atomic mass is 14.9. The number of nitrogens with one attached hydrogen (secondary N) is 1. The summed E-state index contributed by atoms with van der Waals surface area (Å²) in [6.07, 6.45) is 5.19. The van der Waals surface area contributed by atoms with Gasteiger partial charge in [0, 0.05) is 11.7 Å². The third-order valence-corrected chi connectivity index (χ3v) is 3.43. The minimum absolute atomic E-state index is 0.421. The van der Waals surface area contributed by atoms with Gasteiger partial charge >= 0.3 is 0 Å². The summed E-state index contributed by atoms with van der Waals surface area (Å²) in [5.74, 6) is 0. The molecule has 1 aromatic carbocycles. The van der Waals surface area contributed by atoms with Gasteiger partial charge in [0.1, 0.15) is 0 Å². The van der Waals surface area contributed by atoms with E-state index in [1.165, 1.54) is 36.9 Å². The number of benzene rings is 1. The van der Waals surface area contributed by atoms with Gasteiger partial charge in [0.15, 0.2) is 0 Å². The van der Waals surface area contributed by atoms with E-state index in [0.29, 0.717) is 6.04 Å². The lowest BCUT2D eigenvalue weighted by Crippen LogP contribution is -2.20. The van der Waals surface area contributed by atoms with Gasteiger partial charge in [-0.15, -0.1) is 0 Å². The van der Waals surface area contributed by atoms with Gasteiger partial charge in [0.2, 0.25) is 0 Å². The molecule has 1 aliphatic carbocycles. The average molecular weight is 215 g/mol. The van der Waals surface area contributed by atoms with Crippen molar-refractivity contribution in [3.8, 4) is 0 Å². The topological polar surface area (TPSA) is 12.0 Å². The molecule has 1 aliphatic rings. The fraction of sp³-hybridized carbons (Fsp3) is 0.467. The molecular formula is C15H21N. The monoisotopic (exact) mass is 215 g/mol.